The number of methoxy groups -OCH3 is 1. The van der Waals surface area contributed by atoms with Crippen molar-refractivity contribution in [1.29, 1.82) is 0 Å². The molecule has 2 rings (SSSR count). The lowest BCUT2D eigenvalue weighted by Crippen LogP contribution is -2.39. The average Bonchev–Trinajstić information content (AvgIpc) is 2.54. The summed E-state index contributed by atoms with van der Waals surface area (Å²) in [6, 6.07) is 8.17. The fraction of sp³-hybridized carbons (Fsp3) is 0.588. The largest absolute Gasteiger partial charge is 0.392 e. The van der Waals surface area contributed by atoms with Gasteiger partial charge in [0.1, 0.15) is 0 Å². The highest BCUT2D eigenvalue weighted by atomic mass is 16.5. The Morgan fingerprint density at radius 2 is 1.86 bits per heavy atom. The van der Waals surface area contributed by atoms with Crippen LogP contribution in [0.15, 0.2) is 24.3 Å². The lowest BCUT2D eigenvalue weighted by molar-refractivity contribution is -0.133. The van der Waals surface area contributed by atoms with Crippen molar-refractivity contribution in [3.63, 3.8) is 0 Å². The van der Waals surface area contributed by atoms with Crippen LogP contribution in [0.3, 0.4) is 0 Å². The standard InChI is InChI=1S/C17H25NO3/c1-21-11-8-17(20)18-9-6-15(7-10-18)12-14-2-4-16(13-19)5-3-14/h2-5,15,19H,6-13H2,1H3. The molecule has 0 spiro atoms. The van der Waals surface area contributed by atoms with Crippen molar-refractivity contribution < 1.29 is 14.6 Å². The topological polar surface area (TPSA) is 49.8 Å². The Morgan fingerprint density at radius 1 is 1.24 bits per heavy atom. The lowest BCUT2D eigenvalue weighted by Gasteiger charge is -2.32. The van der Waals surface area contributed by atoms with Gasteiger partial charge in [-0.25, -0.2) is 0 Å². The second-order valence-electron chi connectivity index (χ2n) is 5.75. The Hall–Kier alpha value is -1.39. The summed E-state index contributed by atoms with van der Waals surface area (Å²) in [7, 11) is 1.63. The minimum atomic E-state index is 0.0995. The highest BCUT2D eigenvalue weighted by Gasteiger charge is 2.22. The van der Waals surface area contributed by atoms with Crippen LogP contribution >= 0.6 is 0 Å². The van der Waals surface area contributed by atoms with Gasteiger partial charge in [-0.1, -0.05) is 24.3 Å². The Kier molecular flexibility index (Phi) is 6.21. The number of aliphatic hydroxyl groups is 1. The number of carbonyl (C=O) groups is 1. The maximum Gasteiger partial charge on any atom is 0.224 e. The molecule has 1 aliphatic rings. The summed E-state index contributed by atoms with van der Waals surface area (Å²) in [6.45, 7) is 2.34. The highest BCUT2D eigenvalue weighted by molar-refractivity contribution is 5.76. The van der Waals surface area contributed by atoms with E-state index in [1.54, 1.807) is 7.11 Å². The van der Waals surface area contributed by atoms with Crippen molar-refractivity contribution in [3.05, 3.63) is 35.4 Å². The van der Waals surface area contributed by atoms with Crippen molar-refractivity contribution in [2.75, 3.05) is 26.8 Å². The molecule has 21 heavy (non-hydrogen) atoms. The molecular formula is C17H25NO3. The summed E-state index contributed by atoms with van der Waals surface area (Å²) in [4.78, 5) is 13.9. The molecule has 0 saturated carbocycles. The number of hydrogen-bond donors (Lipinski definition) is 1. The van der Waals surface area contributed by atoms with Crippen molar-refractivity contribution >= 4 is 5.91 Å². The molecule has 0 aromatic heterocycles. The van der Waals surface area contributed by atoms with E-state index < -0.39 is 0 Å². The first-order valence-electron chi connectivity index (χ1n) is 7.68. The van der Waals surface area contributed by atoms with Crippen LogP contribution in [-0.2, 0) is 22.6 Å². The van der Waals surface area contributed by atoms with Crippen molar-refractivity contribution in [3.8, 4) is 0 Å². The smallest absolute Gasteiger partial charge is 0.224 e. The Bertz CT molecular complexity index is 436. The molecule has 0 bridgehead atoms. The molecule has 1 aromatic carbocycles. The average molecular weight is 291 g/mol. The van der Waals surface area contributed by atoms with Gasteiger partial charge in [0.25, 0.3) is 0 Å². The number of carbonyl (C=O) groups excluding carboxylic acids is 1. The lowest BCUT2D eigenvalue weighted by atomic mass is 9.90. The van der Waals surface area contributed by atoms with Crippen LogP contribution in [0.25, 0.3) is 0 Å². The number of ether oxygens (including phenoxy) is 1. The third kappa shape index (κ3) is 4.83. The van der Waals surface area contributed by atoms with E-state index in [1.165, 1.54) is 5.56 Å². The molecule has 116 valence electrons. The van der Waals surface area contributed by atoms with Crippen LogP contribution < -0.4 is 0 Å². The number of likely N-dealkylation sites (tertiary alicyclic amines) is 1. The SMILES string of the molecule is COCCC(=O)N1CCC(Cc2ccc(CO)cc2)CC1. The maximum atomic E-state index is 11.9. The van der Waals surface area contributed by atoms with Crippen LogP contribution in [0.1, 0.15) is 30.4 Å². The fourth-order valence-corrected chi connectivity index (χ4v) is 2.85. The zero-order valence-electron chi connectivity index (χ0n) is 12.8. The predicted molar refractivity (Wildman–Crippen MR) is 81.9 cm³/mol. The highest BCUT2D eigenvalue weighted by Crippen LogP contribution is 2.22. The van der Waals surface area contributed by atoms with Crippen LogP contribution in [0.2, 0.25) is 0 Å². The normalized spacial score (nSPS) is 16.2. The van der Waals surface area contributed by atoms with Gasteiger partial charge in [0.05, 0.1) is 19.6 Å². The van der Waals surface area contributed by atoms with Crippen LogP contribution in [0.5, 0.6) is 0 Å². The molecule has 1 saturated heterocycles. The van der Waals surface area contributed by atoms with Gasteiger partial charge in [-0.2, -0.15) is 0 Å². The van der Waals surface area contributed by atoms with E-state index in [-0.39, 0.29) is 12.5 Å². The maximum absolute atomic E-state index is 11.9. The molecule has 1 aliphatic heterocycles. The molecule has 0 aliphatic carbocycles. The number of benzene rings is 1. The molecule has 0 atom stereocenters. The van der Waals surface area contributed by atoms with Crippen molar-refractivity contribution in [2.24, 2.45) is 5.92 Å². The van der Waals surface area contributed by atoms with Crippen LogP contribution in [0.4, 0.5) is 0 Å². The Balaban J connectivity index is 1.76. The van der Waals surface area contributed by atoms with Crippen LogP contribution in [-0.4, -0.2) is 42.7 Å². The van der Waals surface area contributed by atoms with E-state index in [0.717, 1.165) is 37.9 Å². The van der Waals surface area contributed by atoms with Crippen molar-refractivity contribution in [1.82, 2.24) is 4.90 Å². The molecule has 1 aromatic rings. The van der Waals surface area contributed by atoms with Gasteiger partial charge in [0, 0.05) is 20.2 Å². The van der Waals surface area contributed by atoms with Gasteiger partial charge in [-0.3, -0.25) is 4.79 Å². The van der Waals surface area contributed by atoms with Gasteiger partial charge in [0.15, 0.2) is 0 Å². The first kappa shape index (κ1) is 16.0. The van der Waals surface area contributed by atoms with E-state index >= 15 is 0 Å². The Labute approximate surface area is 126 Å². The van der Waals surface area contributed by atoms with E-state index in [9.17, 15) is 4.79 Å². The third-order valence-electron chi connectivity index (χ3n) is 4.22. The number of amides is 1. The second-order valence-corrected chi connectivity index (χ2v) is 5.75. The molecule has 1 fully saturated rings. The van der Waals surface area contributed by atoms with Gasteiger partial charge < -0.3 is 14.7 Å². The number of hydrogen-bond acceptors (Lipinski definition) is 3. The number of aliphatic hydroxyl groups excluding tert-OH is 1. The summed E-state index contributed by atoms with van der Waals surface area (Å²) < 4.78 is 4.96. The van der Waals surface area contributed by atoms with Gasteiger partial charge in [-0.05, 0) is 36.3 Å². The molecular weight excluding hydrogens is 266 g/mol. The first-order valence-corrected chi connectivity index (χ1v) is 7.68. The molecule has 0 unspecified atom stereocenters. The molecule has 4 nitrogen and oxygen atoms in total. The third-order valence-corrected chi connectivity index (χ3v) is 4.22. The summed E-state index contributed by atoms with van der Waals surface area (Å²) >= 11 is 0. The summed E-state index contributed by atoms with van der Waals surface area (Å²) in [5.41, 5.74) is 2.27. The molecule has 1 heterocycles. The molecule has 4 heteroatoms. The number of nitrogens with zero attached hydrogens (tertiary/aromatic N) is 1. The minimum absolute atomic E-state index is 0.0995. The number of rotatable bonds is 6. The van der Waals surface area contributed by atoms with Gasteiger partial charge in [0.2, 0.25) is 5.91 Å². The molecule has 1 amide bonds. The molecule has 0 radical (unpaired) electrons. The van der Waals surface area contributed by atoms with E-state index in [2.05, 4.69) is 12.1 Å². The fourth-order valence-electron chi connectivity index (χ4n) is 2.85. The van der Waals surface area contributed by atoms with Gasteiger partial charge >= 0.3 is 0 Å². The zero-order valence-corrected chi connectivity index (χ0v) is 12.8. The predicted octanol–water partition coefficient (Wildman–Crippen LogP) is 2.00. The van der Waals surface area contributed by atoms with E-state index in [1.807, 2.05) is 17.0 Å². The van der Waals surface area contributed by atoms with E-state index in [0.29, 0.717) is 18.9 Å². The Morgan fingerprint density at radius 3 is 2.43 bits per heavy atom. The molecule has 1 N–H and O–H groups in total. The van der Waals surface area contributed by atoms with Gasteiger partial charge in [-0.15, -0.1) is 0 Å². The van der Waals surface area contributed by atoms with Crippen LogP contribution in [0, 0.1) is 5.92 Å². The van der Waals surface area contributed by atoms with E-state index in [4.69, 9.17) is 9.84 Å². The second kappa shape index (κ2) is 8.15. The monoisotopic (exact) mass is 291 g/mol. The zero-order chi connectivity index (χ0) is 15.1. The summed E-state index contributed by atoms with van der Waals surface area (Å²) in [6.07, 6.45) is 3.69. The minimum Gasteiger partial charge on any atom is -0.392 e. The quantitative estimate of drug-likeness (QED) is 0.872. The summed E-state index contributed by atoms with van der Waals surface area (Å²) in [5.74, 6) is 0.860. The first-order chi connectivity index (χ1) is 10.2. The number of piperidine rings is 1. The summed E-state index contributed by atoms with van der Waals surface area (Å²) in [5, 5.41) is 9.05. The van der Waals surface area contributed by atoms with Crippen molar-refractivity contribution in [2.45, 2.75) is 32.3 Å².